The first-order valence-corrected chi connectivity index (χ1v) is 13.4. The lowest BCUT2D eigenvalue weighted by Crippen LogP contribution is -2.44. The first-order chi connectivity index (χ1) is 20.0. The molecule has 0 aromatic heterocycles. The Morgan fingerprint density at radius 2 is 1.44 bits per heavy atom. The number of rotatable bonds is 5. The number of hydrazone groups is 1. The number of carbonyl (C=O) groups is 3. The van der Waals surface area contributed by atoms with Crippen LogP contribution in [-0.4, -0.2) is 48.8 Å². The molecule has 3 aliphatic rings. The van der Waals surface area contributed by atoms with E-state index in [9.17, 15) is 14.4 Å². The van der Waals surface area contributed by atoms with E-state index >= 15 is 0 Å². The molecule has 1 aliphatic carbocycles. The Balaban J connectivity index is 1.59. The van der Waals surface area contributed by atoms with Crippen molar-refractivity contribution < 1.29 is 23.9 Å². The fourth-order valence-electron chi connectivity index (χ4n) is 6.97. The van der Waals surface area contributed by atoms with Crippen molar-refractivity contribution in [3.05, 3.63) is 130 Å². The number of hydrogen-bond donors (Lipinski definition) is 0. The molecule has 7 nitrogen and oxygen atoms in total. The minimum atomic E-state index is -1.69. The Kier molecular flexibility index (Phi) is 5.64. The smallest absolute Gasteiger partial charge is 0.187 e. The average Bonchev–Trinajstić information content (AvgIpc) is 3.46. The molecule has 0 radical (unpaired) electrons. The monoisotopic (exact) mass is 542 g/mol. The second kappa shape index (κ2) is 9.27. The molecule has 2 heterocycles. The number of Topliss-reactive ketones (excluding diaryl/α,β-unsaturated/α-hetero) is 3. The highest BCUT2D eigenvalue weighted by Crippen LogP contribution is 2.65. The largest absolute Gasteiger partial charge is 0.497 e. The highest BCUT2D eigenvalue weighted by atomic mass is 16.5. The molecule has 2 aliphatic heterocycles. The van der Waals surface area contributed by atoms with E-state index in [1.165, 1.54) is 7.11 Å². The summed E-state index contributed by atoms with van der Waals surface area (Å²) in [5.41, 5.74) is 1.59. The van der Waals surface area contributed by atoms with E-state index in [-0.39, 0.29) is 17.3 Å². The molecule has 1 spiro atoms. The van der Waals surface area contributed by atoms with E-state index in [1.807, 2.05) is 30.3 Å². The van der Waals surface area contributed by atoms with Crippen LogP contribution in [0.3, 0.4) is 0 Å². The van der Waals surface area contributed by atoms with Gasteiger partial charge in [0.1, 0.15) is 23.0 Å². The first kappa shape index (κ1) is 25.0. The average molecular weight is 543 g/mol. The molecule has 202 valence electrons. The number of carbonyl (C=O) groups excluding carboxylic acids is 3. The van der Waals surface area contributed by atoms with E-state index in [0.717, 1.165) is 11.1 Å². The molecular formula is C34H26N2O5. The predicted octanol–water partition coefficient (Wildman–Crippen LogP) is 5.51. The van der Waals surface area contributed by atoms with Gasteiger partial charge in [0.15, 0.2) is 17.3 Å². The summed E-state index contributed by atoms with van der Waals surface area (Å²) < 4.78 is 11.4. The zero-order valence-corrected chi connectivity index (χ0v) is 22.5. The molecule has 3 atom stereocenters. The van der Waals surface area contributed by atoms with Crippen LogP contribution in [-0.2, 0) is 0 Å². The molecule has 4 aromatic carbocycles. The lowest BCUT2D eigenvalue weighted by molar-refractivity contribution is 0.0585. The fraction of sp³-hybridized carbons (Fsp3) is 0.176. The maximum absolute atomic E-state index is 14.9. The van der Waals surface area contributed by atoms with Crippen LogP contribution in [0.1, 0.15) is 59.7 Å². The van der Waals surface area contributed by atoms with Crippen molar-refractivity contribution in [1.29, 1.82) is 0 Å². The summed E-state index contributed by atoms with van der Waals surface area (Å²) in [5, 5.41) is 6.48. The topological polar surface area (TPSA) is 85.3 Å². The van der Waals surface area contributed by atoms with Gasteiger partial charge in [-0.25, -0.2) is 0 Å². The minimum Gasteiger partial charge on any atom is -0.497 e. The third-order valence-electron chi connectivity index (χ3n) is 8.67. The van der Waals surface area contributed by atoms with Gasteiger partial charge in [0.05, 0.1) is 26.5 Å². The van der Waals surface area contributed by atoms with E-state index in [1.54, 1.807) is 85.1 Å². The molecule has 0 N–H and O–H groups in total. The summed E-state index contributed by atoms with van der Waals surface area (Å²) in [7, 11) is 3.09. The molecule has 1 fully saturated rings. The second-order valence-corrected chi connectivity index (χ2v) is 10.5. The van der Waals surface area contributed by atoms with Gasteiger partial charge < -0.3 is 9.47 Å². The van der Waals surface area contributed by atoms with Gasteiger partial charge in [-0.05, 0) is 29.3 Å². The summed E-state index contributed by atoms with van der Waals surface area (Å²) in [6, 6.07) is 26.9. The zero-order chi connectivity index (χ0) is 28.3. The number of hydrogen-bond acceptors (Lipinski definition) is 7. The van der Waals surface area contributed by atoms with Gasteiger partial charge in [-0.2, -0.15) is 5.10 Å². The number of ketones is 3. The van der Waals surface area contributed by atoms with Crippen LogP contribution in [0.4, 0.5) is 0 Å². The highest BCUT2D eigenvalue weighted by Gasteiger charge is 2.73. The van der Waals surface area contributed by atoms with Gasteiger partial charge in [-0.3, -0.25) is 19.4 Å². The normalized spacial score (nSPS) is 21.4. The van der Waals surface area contributed by atoms with Crippen molar-refractivity contribution in [2.45, 2.75) is 18.0 Å². The molecule has 41 heavy (non-hydrogen) atoms. The number of ether oxygens (including phenoxy) is 2. The van der Waals surface area contributed by atoms with Crippen molar-refractivity contribution in [3.8, 4) is 11.5 Å². The van der Waals surface area contributed by atoms with Gasteiger partial charge in [0.25, 0.3) is 0 Å². The van der Waals surface area contributed by atoms with Crippen molar-refractivity contribution in [3.63, 3.8) is 0 Å². The molecule has 4 aromatic rings. The maximum Gasteiger partial charge on any atom is 0.187 e. The van der Waals surface area contributed by atoms with Gasteiger partial charge in [-0.15, -0.1) is 0 Å². The number of fused-ring (bicyclic) bond motifs is 5. The quantitative estimate of drug-likeness (QED) is 0.244. The summed E-state index contributed by atoms with van der Waals surface area (Å²) in [6.07, 6.45) is 1.70. The van der Waals surface area contributed by atoms with E-state index in [2.05, 4.69) is 0 Å². The van der Waals surface area contributed by atoms with Crippen molar-refractivity contribution in [2.24, 2.45) is 10.5 Å². The Hall–Kier alpha value is -5.04. The van der Waals surface area contributed by atoms with Crippen LogP contribution in [0.25, 0.3) is 0 Å². The molecule has 0 amide bonds. The number of methoxy groups -OCH3 is 2. The lowest BCUT2D eigenvalue weighted by atomic mass is 9.62. The van der Waals surface area contributed by atoms with Crippen LogP contribution < -0.4 is 9.47 Å². The van der Waals surface area contributed by atoms with E-state index < -0.39 is 23.4 Å². The standard InChI is InChI=1S/C34H26N2O5/c1-40-22-16-17-27(41-2)26(18-22)28-29(30(37)20-10-4-3-5-11-20)36-31(23-13-7-6-12-21(23)19-35-36)34(28)32(38)24-14-8-9-15-25(24)33(34)39/h3-19,28-29,31H,1-2H3/t28-,29+,31?/m0/s1. The summed E-state index contributed by atoms with van der Waals surface area (Å²) in [4.78, 5) is 44.3. The second-order valence-electron chi connectivity index (χ2n) is 10.5. The van der Waals surface area contributed by atoms with E-state index in [4.69, 9.17) is 14.6 Å². The van der Waals surface area contributed by atoms with Gasteiger partial charge in [-0.1, -0.05) is 78.9 Å². The number of nitrogens with zero attached hydrogens (tertiary/aromatic N) is 2. The van der Waals surface area contributed by atoms with Gasteiger partial charge in [0, 0.05) is 28.2 Å². The van der Waals surface area contributed by atoms with Crippen LogP contribution in [0, 0.1) is 5.41 Å². The van der Waals surface area contributed by atoms with Crippen molar-refractivity contribution in [2.75, 3.05) is 14.2 Å². The molecule has 7 rings (SSSR count). The SMILES string of the molecule is COc1ccc(OC)c([C@H]2[C@H](C(=O)c3ccccc3)N3N=Cc4ccccc4C3C23C(=O)c2ccccc2C3=O)c1. The molecular weight excluding hydrogens is 516 g/mol. The molecule has 0 saturated carbocycles. The lowest BCUT2D eigenvalue weighted by Gasteiger charge is -2.36. The van der Waals surface area contributed by atoms with Crippen LogP contribution in [0.15, 0.2) is 102 Å². The summed E-state index contributed by atoms with van der Waals surface area (Å²) in [5.74, 6) is -0.853. The molecule has 0 bridgehead atoms. The van der Waals surface area contributed by atoms with Crippen LogP contribution in [0.2, 0.25) is 0 Å². The zero-order valence-electron chi connectivity index (χ0n) is 22.5. The number of benzene rings is 4. The predicted molar refractivity (Wildman–Crippen MR) is 153 cm³/mol. The maximum atomic E-state index is 14.9. The third-order valence-corrected chi connectivity index (χ3v) is 8.67. The molecule has 1 unspecified atom stereocenters. The highest BCUT2D eigenvalue weighted by molar-refractivity contribution is 6.31. The first-order valence-electron chi connectivity index (χ1n) is 13.4. The van der Waals surface area contributed by atoms with Crippen molar-refractivity contribution >= 4 is 23.6 Å². The van der Waals surface area contributed by atoms with E-state index in [0.29, 0.717) is 33.8 Å². The van der Waals surface area contributed by atoms with Crippen LogP contribution in [0.5, 0.6) is 11.5 Å². The molecule has 1 saturated heterocycles. The van der Waals surface area contributed by atoms with Gasteiger partial charge in [0.2, 0.25) is 0 Å². The summed E-state index contributed by atoms with van der Waals surface area (Å²) >= 11 is 0. The fourth-order valence-corrected chi connectivity index (χ4v) is 6.97. The molecule has 7 heteroatoms. The Labute approximate surface area is 237 Å². The van der Waals surface area contributed by atoms with Crippen LogP contribution >= 0.6 is 0 Å². The van der Waals surface area contributed by atoms with Gasteiger partial charge >= 0.3 is 0 Å². The van der Waals surface area contributed by atoms with Crippen molar-refractivity contribution in [1.82, 2.24) is 5.01 Å². The summed E-state index contributed by atoms with van der Waals surface area (Å²) in [6.45, 7) is 0. The Morgan fingerprint density at radius 1 is 0.780 bits per heavy atom. The Morgan fingerprint density at radius 3 is 2.12 bits per heavy atom. The third kappa shape index (κ3) is 3.32. The Bertz CT molecular complexity index is 1730. The minimum absolute atomic E-state index is 0.240.